The highest BCUT2D eigenvalue weighted by Gasteiger charge is 2.45. The van der Waals surface area contributed by atoms with Crippen LogP contribution in [0.25, 0.3) is 0 Å². The van der Waals surface area contributed by atoms with E-state index in [0.717, 1.165) is 45.8 Å². The molecule has 1 aromatic carbocycles. The highest BCUT2D eigenvalue weighted by Crippen LogP contribution is 2.32. The SMILES string of the molecule is c1ccc(COC2CC3COCC2N3CC2CNCCN2)cc1. The van der Waals surface area contributed by atoms with Crippen LogP contribution in [0.4, 0.5) is 0 Å². The molecule has 1 aromatic rings. The average molecular weight is 317 g/mol. The molecule has 3 saturated heterocycles. The van der Waals surface area contributed by atoms with Crippen molar-refractivity contribution >= 4 is 0 Å². The van der Waals surface area contributed by atoms with E-state index in [9.17, 15) is 0 Å². The molecule has 3 aliphatic heterocycles. The topological polar surface area (TPSA) is 45.8 Å². The lowest BCUT2D eigenvalue weighted by molar-refractivity contribution is -0.0522. The van der Waals surface area contributed by atoms with Gasteiger partial charge in [0, 0.05) is 38.3 Å². The molecule has 0 radical (unpaired) electrons. The molecule has 0 saturated carbocycles. The van der Waals surface area contributed by atoms with Crippen LogP contribution in [0.5, 0.6) is 0 Å². The predicted octanol–water partition coefficient (Wildman–Crippen LogP) is 0.606. The molecule has 3 heterocycles. The molecule has 5 nitrogen and oxygen atoms in total. The Hall–Kier alpha value is -0.980. The molecule has 2 bridgehead atoms. The van der Waals surface area contributed by atoms with Crippen molar-refractivity contribution in [3.63, 3.8) is 0 Å². The maximum atomic E-state index is 6.26. The molecule has 3 aliphatic rings. The van der Waals surface area contributed by atoms with Gasteiger partial charge in [-0.25, -0.2) is 0 Å². The fourth-order valence-corrected chi connectivity index (χ4v) is 4.07. The summed E-state index contributed by atoms with van der Waals surface area (Å²) in [5.41, 5.74) is 1.25. The van der Waals surface area contributed by atoms with Crippen LogP contribution in [0.15, 0.2) is 30.3 Å². The Morgan fingerprint density at radius 1 is 1.17 bits per heavy atom. The van der Waals surface area contributed by atoms with Gasteiger partial charge in [-0.1, -0.05) is 30.3 Å². The van der Waals surface area contributed by atoms with E-state index in [1.807, 2.05) is 6.07 Å². The van der Waals surface area contributed by atoms with Crippen LogP contribution in [-0.4, -0.2) is 68.5 Å². The average Bonchev–Trinajstić information content (AvgIpc) is 2.79. The number of piperazine rings is 1. The number of hydrogen-bond acceptors (Lipinski definition) is 5. The van der Waals surface area contributed by atoms with Crippen molar-refractivity contribution in [1.82, 2.24) is 15.5 Å². The van der Waals surface area contributed by atoms with E-state index in [-0.39, 0.29) is 0 Å². The third-order valence-corrected chi connectivity index (χ3v) is 5.29. The number of nitrogens with zero attached hydrogens (tertiary/aromatic N) is 1. The number of benzene rings is 1. The second kappa shape index (κ2) is 7.28. The second-order valence-electron chi connectivity index (χ2n) is 6.88. The zero-order valence-electron chi connectivity index (χ0n) is 13.6. The van der Waals surface area contributed by atoms with Crippen LogP contribution >= 0.6 is 0 Å². The third-order valence-electron chi connectivity index (χ3n) is 5.29. The maximum absolute atomic E-state index is 6.26. The fourth-order valence-electron chi connectivity index (χ4n) is 4.07. The summed E-state index contributed by atoms with van der Waals surface area (Å²) in [5.74, 6) is 0. The monoisotopic (exact) mass is 317 g/mol. The number of morpholine rings is 1. The standard InChI is InChI=1S/C18H27N3O2/c1-2-4-14(5-3-1)11-23-18-8-16-12-22-13-17(18)21(16)10-15-9-19-6-7-20-15/h1-5,15-20H,6-13H2. The van der Waals surface area contributed by atoms with Gasteiger partial charge in [-0.3, -0.25) is 4.90 Å². The minimum absolute atomic E-state index is 0.291. The summed E-state index contributed by atoms with van der Waals surface area (Å²) in [7, 11) is 0. The van der Waals surface area contributed by atoms with Gasteiger partial charge in [0.1, 0.15) is 0 Å². The third kappa shape index (κ3) is 3.59. The van der Waals surface area contributed by atoms with Crippen molar-refractivity contribution in [2.24, 2.45) is 0 Å². The van der Waals surface area contributed by atoms with Crippen molar-refractivity contribution in [3.05, 3.63) is 35.9 Å². The first-order valence-electron chi connectivity index (χ1n) is 8.83. The van der Waals surface area contributed by atoms with E-state index >= 15 is 0 Å². The molecule has 4 rings (SSSR count). The molecular weight excluding hydrogens is 290 g/mol. The van der Waals surface area contributed by atoms with E-state index in [2.05, 4.69) is 39.8 Å². The van der Waals surface area contributed by atoms with Crippen LogP contribution < -0.4 is 10.6 Å². The molecule has 0 amide bonds. The smallest absolute Gasteiger partial charge is 0.0773 e. The van der Waals surface area contributed by atoms with Crippen LogP contribution in [-0.2, 0) is 16.1 Å². The van der Waals surface area contributed by atoms with Crippen molar-refractivity contribution in [2.45, 2.75) is 37.3 Å². The summed E-state index contributed by atoms with van der Waals surface area (Å²) < 4.78 is 12.1. The molecule has 0 spiro atoms. The van der Waals surface area contributed by atoms with Crippen molar-refractivity contribution < 1.29 is 9.47 Å². The normalized spacial score (nSPS) is 34.6. The number of hydrogen-bond donors (Lipinski definition) is 2. The van der Waals surface area contributed by atoms with Crippen LogP contribution in [0.1, 0.15) is 12.0 Å². The Kier molecular flexibility index (Phi) is 4.92. The fraction of sp³-hybridized carbons (Fsp3) is 0.667. The Morgan fingerprint density at radius 3 is 2.91 bits per heavy atom. The van der Waals surface area contributed by atoms with E-state index in [1.54, 1.807) is 0 Å². The molecule has 4 unspecified atom stereocenters. The second-order valence-corrected chi connectivity index (χ2v) is 6.88. The lowest BCUT2D eigenvalue weighted by Crippen LogP contribution is -2.58. The van der Waals surface area contributed by atoms with Gasteiger partial charge in [-0.2, -0.15) is 0 Å². The quantitative estimate of drug-likeness (QED) is 0.833. The molecular formula is C18H27N3O2. The lowest BCUT2D eigenvalue weighted by atomic mass is 10.1. The predicted molar refractivity (Wildman–Crippen MR) is 89.4 cm³/mol. The molecule has 4 atom stereocenters. The number of ether oxygens (including phenoxy) is 2. The van der Waals surface area contributed by atoms with E-state index in [4.69, 9.17) is 9.47 Å². The Balaban J connectivity index is 1.36. The highest BCUT2D eigenvalue weighted by atomic mass is 16.5. The molecule has 126 valence electrons. The van der Waals surface area contributed by atoms with Gasteiger partial charge in [0.05, 0.1) is 32.0 Å². The maximum Gasteiger partial charge on any atom is 0.0773 e. The zero-order chi connectivity index (χ0) is 15.5. The summed E-state index contributed by atoms with van der Waals surface area (Å²) in [5, 5.41) is 7.10. The summed E-state index contributed by atoms with van der Waals surface area (Å²) in [6.07, 6.45) is 1.39. The van der Waals surface area contributed by atoms with Crippen molar-refractivity contribution in [2.75, 3.05) is 39.4 Å². The van der Waals surface area contributed by atoms with Gasteiger partial charge in [0.25, 0.3) is 0 Å². The summed E-state index contributed by atoms with van der Waals surface area (Å²) in [4.78, 5) is 2.63. The summed E-state index contributed by atoms with van der Waals surface area (Å²) in [6.45, 7) is 6.65. The molecule has 23 heavy (non-hydrogen) atoms. The molecule has 2 N–H and O–H groups in total. The molecule has 3 fully saturated rings. The number of fused-ring (bicyclic) bond motifs is 2. The first-order valence-corrected chi connectivity index (χ1v) is 8.83. The first kappa shape index (κ1) is 15.5. The van der Waals surface area contributed by atoms with Crippen LogP contribution in [0, 0.1) is 0 Å². The van der Waals surface area contributed by atoms with E-state index in [1.165, 1.54) is 5.56 Å². The van der Waals surface area contributed by atoms with Gasteiger partial charge >= 0.3 is 0 Å². The Morgan fingerprint density at radius 2 is 2.09 bits per heavy atom. The van der Waals surface area contributed by atoms with Crippen LogP contribution in [0.3, 0.4) is 0 Å². The molecule has 0 aromatic heterocycles. The summed E-state index contributed by atoms with van der Waals surface area (Å²) >= 11 is 0. The van der Waals surface area contributed by atoms with E-state index in [0.29, 0.717) is 30.8 Å². The highest BCUT2D eigenvalue weighted by molar-refractivity contribution is 5.13. The molecule has 0 aliphatic carbocycles. The van der Waals surface area contributed by atoms with Gasteiger partial charge in [0.2, 0.25) is 0 Å². The Labute approximate surface area is 138 Å². The number of nitrogens with one attached hydrogen (secondary N) is 2. The lowest BCUT2D eigenvalue weighted by Gasteiger charge is -2.38. The molecule has 5 heteroatoms. The summed E-state index contributed by atoms with van der Waals surface area (Å²) in [6, 6.07) is 11.9. The van der Waals surface area contributed by atoms with Gasteiger partial charge < -0.3 is 20.1 Å². The van der Waals surface area contributed by atoms with Gasteiger partial charge in [-0.15, -0.1) is 0 Å². The minimum atomic E-state index is 0.291. The first-order chi connectivity index (χ1) is 11.4. The van der Waals surface area contributed by atoms with Crippen LogP contribution in [0.2, 0.25) is 0 Å². The zero-order valence-corrected chi connectivity index (χ0v) is 13.6. The van der Waals surface area contributed by atoms with E-state index < -0.39 is 0 Å². The minimum Gasteiger partial charge on any atom is -0.378 e. The van der Waals surface area contributed by atoms with Crippen molar-refractivity contribution in [1.29, 1.82) is 0 Å². The van der Waals surface area contributed by atoms with Gasteiger partial charge in [0.15, 0.2) is 0 Å². The van der Waals surface area contributed by atoms with Crippen molar-refractivity contribution in [3.8, 4) is 0 Å². The largest absolute Gasteiger partial charge is 0.378 e. The van der Waals surface area contributed by atoms with Gasteiger partial charge in [-0.05, 0) is 12.0 Å². The Bertz CT molecular complexity index is 492. The number of rotatable bonds is 5.